The van der Waals surface area contributed by atoms with E-state index in [0.717, 1.165) is 0 Å². The zero-order chi connectivity index (χ0) is 21.3. The van der Waals surface area contributed by atoms with Crippen molar-refractivity contribution in [2.24, 2.45) is 0 Å². The minimum atomic E-state index is -0.971. The maximum absolute atomic E-state index is 10.6. The Labute approximate surface area is 170 Å². The lowest BCUT2D eigenvalue weighted by molar-refractivity contribution is -0.332. The maximum atomic E-state index is 10.6. The molecule has 29 heavy (non-hydrogen) atoms. The van der Waals surface area contributed by atoms with E-state index >= 15 is 0 Å². The van der Waals surface area contributed by atoms with Crippen LogP contribution in [0.5, 0.6) is 0 Å². The summed E-state index contributed by atoms with van der Waals surface area (Å²) < 4.78 is 34.0. The van der Waals surface area contributed by atoms with Crippen molar-refractivity contribution in [2.45, 2.75) is 114 Å². The van der Waals surface area contributed by atoms with E-state index in [1.807, 2.05) is 0 Å². The van der Waals surface area contributed by atoms with Crippen LogP contribution in [0.4, 0.5) is 0 Å². The van der Waals surface area contributed by atoms with Gasteiger partial charge in [0.2, 0.25) is 0 Å². The summed E-state index contributed by atoms with van der Waals surface area (Å²) >= 11 is 0. The van der Waals surface area contributed by atoms with Crippen molar-refractivity contribution in [3.05, 3.63) is 0 Å². The third-order valence-electron chi connectivity index (χ3n) is 5.84. The molecule has 0 aromatic heterocycles. The maximum Gasteiger partial charge on any atom is 0.161 e. The van der Waals surface area contributed by atoms with Crippen molar-refractivity contribution in [1.82, 2.24) is 0 Å². The van der Waals surface area contributed by atoms with Crippen LogP contribution >= 0.6 is 0 Å². The lowest BCUT2D eigenvalue weighted by Gasteiger charge is -2.44. The summed E-state index contributed by atoms with van der Waals surface area (Å²) in [5.41, 5.74) is 0. The van der Waals surface area contributed by atoms with E-state index in [2.05, 4.69) is 0 Å². The van der Waals surface area contributed by atoms with E-state index < -0.39 is 73.8 Å². The van der Waals surface area contributed by atoms with Gasteiger partial charge in [-0.25, -0.2) is 0 Å². The highest BCUT2D eigenvalue weighted by molar-refractivity contribution is 4.87. The van der Waals surface area contributed by atoms with E-state index in [9.17, 15) is 20.4 Å². The summed E-state index contributed by atoms with van der Waals surface area (Å²) in [7, 11) is 1.52. The van der Waals surface area contributed by atoms with E-state index in [1.165, 1.54) is 7.11 Å². The Balaban J connectivity index is 1.53. The van der Waals surface area contributed by atoms with Crippen LogP contribution in [0.25, 0.3) is 0 Å². The molecule has 10 nitrogen and oxygen atoms in total. The second-order valence-electron chi connectivity index (χ2n) is 8.15. The summed E-state index contributed by atoms with van der Waals surface area (Å²) in [6, 6.07) is 0. The topological polar surface area (TPSA) is 136 Å². The summed E-state index contributed by atoms with van der Waals surface area (Å²) in [6.07, 6.45) is -7.84. The average Bonchev–Trinajstić information content (AvgIpc) is 2.65. The van der Waals surface area contributed by atoms with Gasteiger partial charge in [-0.3, -0.25) is 0 Å². The third kappa shape index (κ3) is 5.45. The van der Waals surface area contributed by atoms with Gasteiger partial charge < -0.3 is 48.8 Å². The molecule has 0 aromatic carbocycles. The first-order chi connectivity index (χ1) is 13.7. The molecule has 0 unspecified atom stereocenters. The Kier molecular flexibility index (Phi) is 7.88. The molecule has 0 amide bonds. The standard InChI is InChI=1S/C19H34O10/c1-8-17(23)11(20)5-15(25-8)28-19-10(3)27-16(7-13(19)22)29-18-9(2)26-14(24-4)6-12(18)21/h8-23H,5-7H2,1-4H3/t8-,9-,10-,11+,12+,13+,14-,15+,16+,17-,18-,19-/m1/s1. The van der Waals surface area contributed by atoms with Crippen molar-refractivity contribution in [3.63, 3.8) is 0 Å². The third-order valence-corrected chi connectivity index (χ3v) is 5.84. The number of hydrogen-bond acceptors (Lipinski definition) is 10. The van der Waals surface area contributed by atoms with Gasteiger partial charge in [0.15, 0.2) is 18.9 Å². The van der Waals surface area contributed by atoms with Crippen molar-refractivity contribution in [3.8, 4) is 0 Å². The first-order valence-electron chi connectivity index (χ1n) is 10.2. The minimum Gasteiger partial charge on any atom is -0.390 e. The average molecular weight is 422 g/mol. The van der Waals surface area contributed by atoms with Gasteiger partial charge in [-0.05, 0) is 20.8 Å². The molecule has 10 heteroatoms. The van der Waals surface area contributed by atoms with Gasteiger partial charge in [0.25, 0.3) is 0 Å². The summed E-state index contributed by atoms with van der Waals surface area (Å²) in [5.74, 6) is 0. The van der Waals surface area contributed by atoms with Crippen molar-refractivity contribution < 1.29 is 48.8 Å². The molecule has 170 valence electrons. The molecular formula is C19H34O10. The number of aliphatic hydroxyl groups excluding tert-OH is 4. The van der Waals surface area contributed by atoms with Gasteiger partial charge in [-0.15, -0.1) is 0 Å². The highest BCUT2D eigenvalue weighted by atomic mass is 16.7. The Morgan fingerprint density at radius 2 is 1.03 bits per heavy atom. The summed E-state index contributed by atoms with van der Waals surface area (Å²) in [4.78, 5) is 0. The van der Waals surface area contributed by atoms with Crippen LogP contribution in [-0.4, -0.2) is 101 Å². The molecule has 3 aliphatic heterocycles. The Hall–Kier alpha value is -0.400. The number of hydrogen-bond donors (Lipinski definition) is 4. The predicted octanol–water partition coefficient (Wildman–Crippen LogP) is -0.748. The smallest absolute Gasteiger partial charge is 0.161 e. The number of rotatable bonds is 5. The SMILES string of the molecule is CO[C@H]1C[C@H](O)[C@H](O[C@H]2C[C@H](O)[C@H](O[C@H]3C[C@H](O)[C@H](O)[C@@H](C)O3)[C@@H](C)O2)[C@@H](C)O1. The van der Waals surface area contributed by atoms with Gasteiger partial charge in [0.05, 0.1) is 36.6 Å². The molecule has 3 aliphatic rings. The fourth-order valence-electron chi connectivity index (χ4n) is 4.14. The first-order valence-corrected chi connectivity index (χ1v) is 10.2. The first kappa shape index (κ1) is 23.3. The second kappa shape index (κ2) is 9.82. The van der Waals surface area contributed by atoms with Gasteiger partial charge in [0, 0.05) is 26.4 Å². The predicted molar refractivity (Wildman–Crippen MR) is 97.6 cm³/mol. The molecule has 0 aromatic rings. The van der Waals surface area contributed by atoms with Crippen molar-refractivity contribution in [1.29, 1.82) is 0 Å². The monoisotopic (exact) mass is 422 g/mol. The zero-order valence-electron chi connectivity index (χ0n) is 17.3. The molecule has 3 heterocycles. The van der Waals surface area contributed by atoms with Crippen LogP contribution < -0.4 is 0 Å². The molecule has 0 bridgehead atoms. The van der Waals surface area contributed by atoms with E-state index in [1.54, 1.807) is 20.8 Å². The van der Waals surface area contributed by atoms with E-state index in [-0.39, 0.29) is 19.3 Å². The van der Waals surface area contributed by atoms with Gasteiger partial charge in [0.1, 0.15) is 18.3 Å². The molecule has 0 spiro atoms. The van der Waals surface area contributed by atoms with Gasteiger partial charge in [-0.2, -0.15) is 0 Å². The fraction of sp³-hybridized carbons (Fsp3) is 1.00. The highest BCUT2D eigenvalue weighted by Gasteiger charge is 2.44. The molecule has 3 rings (SSSR count). The Morgan fingerprint density at radius 1 is 0.621 bits per heavy atom. The Morgan fingerprint density at radius 3 is 1.48 bits per heavy atom. The van der Waals surface area contributed by atoms with Crippen LogP contribution in [0.3, 0.4) is 0 Å². The van der Waals surface area contributed by atoms with Crippen LogP contribution in [0, 0.1) is 0 Å². The van der Waals surface area contributed by atoms with E-state index in [4.69, 9.17) is 28.4 Å². The minimum absolute atomic E-state index is 0.102. The quantitative estimate of drug-likeness (QED) is 0.448. The fourth-order valence-corrected chi connectivity index (χ4v) is 4.14. The van der Waals surface area contributed by atoms with Crippen LogP contribution in [0.1, 0.15) is 40.0 Å². The lowest BCUT2D eigenvalue weighted by Crippen LogP contribution is -2.56. The normalized spacial score (nSPS) is 51.7. The molecule has 12 atom stereocenters. The zero-order valence-corrected chi connectivity index (χ0v) is 17.3. The molecule has 3 saturated heterocycles. The molecule has 0 aliphatic carbocycles. The van der Waals surface area contributed by atoms with Crippen LogP contribution in [-0.2, 0) is 28.4 Å². The van der Waals surface area contributed by atoms with Crippen molar-refractivity contribution in [2.75, 3.05) is 7.11 Å². The van der Waals surface area contributed by atoms with Gasteiger partial charge >= 0.3 is 0 Å². The number of methoxy groups -OCH3 is 1. The summed E-state index contributed by atoms with van der Waals surface area (Å²) in [5, 5.41) is 40.7. The van der Waals surface area contributed by atoms with Crippen LogP contribution in [0.15, 0.2) is 0 Å². The lowest BCUT2D eigenvalue weighted by atomic mass is 9.99. The van der Waals surface area contributed by atoms with Crippen molar-refractivity contribution >= 4 is 0 Å². The largest absolute Gasteiger partial charge is 0.390 e. The second-order valence-corrected chi connectivity index (χ2v) is 8.15. The van der Waals surface area contributed by atoms with Crippen LogP contribution in [0.2, 0.25) is 0 Å². The summed E-state index contributed by atoms with van der Waals surface area (Å²) in [6.45, 7) is 5.19. The Bertz CT molecular complexity index is 485. The highest BCUT2D eigenvalue weighted by Crippen LogP contribution is 2.31. The molecule has 3 fully saturated rings. The number of aliphatic hydroxyl groups is 4. The van der Waals surface area contributed by atoms with E-state index in [0.29, 0.717) is 0 Å². The molecule has 0 saturated carbocycles. The number of ether oxygens (including phenoxy) is 6. The molecule has 4 N–H and O–H groups in total. The molecule has 0 radical (unpaired) electrons. The van der Waals surface area contributed by atoms with Gasteiger partial charge in [-0.1, -0.05) is 0 Å². The molecular weight excluding hydrogens is 388 g/mol.